The van der Waals surface area contributed by atoms with E-state index < -0.39 is 24.0 Å². The second kappa shape index (κ2) is 11.4. The van der Waals surface area contributed by atoms with Gasteiger partial charge in [0.15, 0.2) is 0 Å². The van der Waals surface area contributed by atoms with E-state index in [1.54, 1.807) is 6.07 Å². The van der Waals surface area contributed by atoms with E-state index in [-0.39, 0.29) is 35.5 Å². The number of amides is 1. The Morgan fingerprint density at radius 3 is 2.78 bits per heavy atom. The monoisotopic (exact) mass is 558 g/mol. The van der Waals surface area contributed by atoms with Crippen molar-refractivity contribution in [2.45, 2.75) is 63.3 Å². The number of benzene rings is 2. The lowest BCUT2D eigenvalue weighted by Gasteiger charge is -2.28. The lowest BCUT2D eigenvalue weighted by atomic mass is 9.84. The molecule has 0 aliphatic heterocycles. The van der Waals surface area contributed by atoms with Crippen molar-refractivity contribution in [3.8, 4) is 11.3 Å². The van der Waals surface area contributed by atoms with Crippen molar-refractivity contribution < 1.29 is 18.7 Å². The van der Waals surface area contributed by atoms with Gasteiger partial charge in [-0.05, 0) is 55.5 Å². The largest absolute Gasteiger partial charge is 0.390 e. The molecule has 0 spiro atoms. The molecular formula is C27H29BrF2N4O2. The number of aliphatic hydroxyl groups is 1. The smallest absolute Gasteiger partial charge is 0.254 e. The van der Waals surface area contributed by atoms with Crippen LogP contribution in [0.2, 0.25) is 0 Å². The first-order valence-corrected chi connectivity index (χ1v) is 12.9. The Labute approximate surface area is 217 Å². The Hall–Kier alpha value is -2.91. The van der Waals surface area contributed by atoms with Gasteiger partial charge in [0.2, 0.25) is 0 Å². The minimum Gasteiger partial charge on any atom is -0.390 e. The zero-order chi connectivity index (χ0) is 25.8. The fraction of sp³-hybridized carbons (Fsp3) is 0.370. The molecule has 190 valence electrons. The molecule has 1 amide bonds. The van der Waals surface area contributed by atoms with Crippen LogP contribution < -0.4 is 11.1 Å². The van der Waals surface area contributed by atoms with Gasteiger partial charge in [0.25, 0.3) is 5.91 Å². The standard InChI is InChI=1S/C27H29BrF2N4O2/c1-2-4-22(15-5-3-6-18(28)11-15)34-27(36)19-9-7-17(13-20(19)29)25-26(31)32-14-23(33-25)16-8-10-24(35)21(30)12-16/h3,5-7,9,11,13-14,16,21-22,24,35H,2,4,8,10,12H2,1H3,(H2,31,32)(H,34,36)/t16-,21-,22-,24-/m1/s1. The number of hydrogen-bond acceptors (Lipinski definition) is 5. The molecule has 1 saturated carbocycles. The van der Waals surface area contributed by atoms with Crippen molar-refractivity contribution >= 4 is 27.7 Å². The third-order valence-corrected chi connectivity index (χ3v) is 7.09. The zero-order valence-corrected chi connectivity index (χ0v) is 21.5. The number of nitrogens with two attached hydrogens (primary N) is 1. The predicted octanol–water partition coefficient (Wildman–Crippen LogP) is 5.87. The molecule has 1 heterocycles. The quantitative estimate of drug-likeness (QED) is 0.337. The average molecular weight is 559 g/mol. The van der Waals surface area contributed by atoms with Gasteiger partial charge in [-0.15, -0.1) is 0 Å². The summed E-state index contributed by atoms with van der Waals surface area (Å²) in [5, 5.41) is 12.6. The highest BCUT2D eigenvalue weighted by Crippen LogP contribution is 2.35. The maximum absolute atomic E-state index is 15.1. The SMILES string of the molecule is CCC[C@@H](NC(=O)c1ccc(-c2nc([C@@H]3CC[C@@H](O)[C@H](F)C3)cnc2N)cc1F)c1cccc(Br)c1. The number of aromatic nitrogens is 2. The summed E-state index contributed by atoms with van der Waals surface area (Å²) in [7, 11) is 0. The highest BCUT2D eigenvalue weighted by molar-refractivity contribution is 9.10. The Bertz CT molecular complexity index is 1240. The normalized spacial score (nSPS) is 20.6. The van der Waals surface area contributed by atoms with E-state index >= 15 is 4.39 Å². The second-order valence-corrected chi connectivity index (χ2v) is 10.1. The minimum atomic E-state index is -1.32. The Morgan fingerprint density at radius 2 is 2.08 bits per heavy atom. The second-order valence-electron chi connectivity index (χ2n) is 9.19. The van der Waals surface area contributed by atoms with Gasteiger partial charge in [-0.2, -0.15) is 0 Å². The number of aliphatic hydroxyl groups excluding tert-OH is 1. The number of halogens is 3. The first-order chi connectivity index (χ1) is 17.3. The summed E-state index contributed by atoms with van der Waals surface area (Å²) in [6, 6.07) is 11.6. The molecule has 0 radical (unpaired) electrons. The van der Waals surface area contributed by atoms with Crippen molar-refractivity contribution in [2.75, 3.05) is 5.73 Å². The molecule has 0 unspecified atom stereocenters. The number of nitrogens with zero attached hydrogens (tertiary/aromatic N) is 2. The van der Waals surface area contributed by atoms with Crippen molar-refractivity contribution in [1.29, 1.82) is 0 Å². The number of anilines is 1. The van der Waals surface area contributed by atoms with E-state index in [0.29, 0.717) is 30.5 Å². The molecule has 4 rings (SSSR count). The fourth-order valence-corrected chi connectivity index (χ4v) is 5.02. The van der Waals surface area contributed by atoms with Gasteiger partial charge in [-0.25, -0.2) is 18.7 Å². The van der Waals surface area contributed by atoms with Crippen LogP contribution in [0.4, 0.5) is 14.6 Å². The number of hydrogen-bond donors (Lipinski definition) is 3. The Balaban J connectivity index is 1.56. The molecule has 0 saturated heterocycles. The fourth-order valence-electron chi connectivity index (χ4n) is 4.61. The molecule has 2 aromatic carbocycles. The lowest BCUT2D eigenvalue weighted by molar-refractivity contribution is 0.0363. The first kappa shape index (κ1) is 26.2. The highest BCUT2D eigenvalue weighted by Gasteiger charge is 2.31. The summed E-state index contributed by atoms with van der Waals surface area (Å²) in [6.07, 6.45) is 1.82. The summed E-state index contributed by atoms with van der Waals surface area (Å²) in [6.45, 7) is 2.02. The third-order valence-electron chi connectivity index (χ3n) is 6.60. The molecule has 36 heavy (non-hydrogen) atoms. The number of nitrogen functional groups attached to an aromatic ring is 1. The van der Waals surface area contributed by atoms with Gasteiger partial charge in [-0.1, -0.05) is 47.5 Å². The molecule has 0 bridgehead atoms. The van der Waals surface area contributed by atoms with Gasteiger partial charge >= 0.3 is 0 Å². The van der Waals surface area contributed by atoms with Gasteiger partial charge in [0.05, 0.1) is 29.6 Å². The molecule has 4 atom stereocenters. The van der Waals surface area contributed by atoms with Crippen LogP contribution in [-0.4, -0.2) is 33.3 Å². The zero-order valence-electron chi connectivity index (χ0n) is 19.9. The van der Waals surface area contributed by atoms with Crippen LogP contribution in [-0.2, 0) is 0 Å². The van der Waals surface area contributed by atoms with Crippen LogP contribution in [0.15, 0.2) is 53.1 Å². The van der Waals surface area contributed by atoms with Crippen molar-refractivity contribution in [3.05, 3.63) is 75.8 Å². The first-order valence-electron chi connectivity index (χ1n) is 12.1. The summed E-state index contributed by atoms with van der Waals surface area (Å²) < 4.78 is 30.1. The molecule has 4 N–H and O–H groups in total. The van der Waals surface area contributed by atoms with E-state index in [2.05, 4.69) is 31.2 Å². The molecule has 9 heteroatoms. The van der Waals surface area contributed by atoms with Crippen molar-refractivity contribution in [1.82, 2.24) is 15.3 Å². The molecule has 3 aromatic rings. The highest BCUT2D eigenvalue weighted by atomic mass is 79.9. The van der Waals surface area contributed by atoms with Gasteiger partial charge < -0.3 is 16.2 Å². The minimum absolute atomic E-state index is 0.0842. The van der Waals surface area contributed by atoms with Crippen LogP contribution in [0.5, 0.6) is 0 Å². The summed E-state index contributed by atoms with van der Waals surface area (Å²) in [5.74, 6) is -1.31. The van der Waals surface area contributed by atoms with Crippen LogP contribution in [0.3, 0.4) is 0 Å². The van der Waals surface area contributed by atoms with Crippen LogP contribution in [0.1, 0.15) is 72.6 Å². The number of carbonyl (C=O) groups is 1. The summed E-state index contributed by atoms with van der Waals surface area (Å²) in [4.78, 5) is 21.7. The van der Waals surface area contributed by atoms with Gasteiger partial charge in [0.1, 0.15) is 23.5 Å². The number of rotatable bonds is 7. The Kier molecular flexibility index (Phi) is 8.31. The maximum Gasteiger partial charge on any atom is 0.254 e. The Morgan fingerprint density at radius 1 is 1.28 bits per heavy atom. The number of nitrogens with one attached hydrogen (secondary N) is 1. The number of alkyl halides is 1. The van der Waals surface area contributed by atoms with E-state index in [4.69, 9.17) is 5.73 Å². The van der Waals surface area contributed by atoms with Crippen molar-refractivity contribution in [3.63, 3.8) is 0 Å². The van der Waals surface area contributed by atoms with Crippen LogP contribution in [0.25, 0.3) is 11.3 Å². The molecule has 6 nitrogen and oxygen atoms in total. The van der Waals surface area contributed by atoms with E-state index in [0.717, 1.165) is 16.5 Å². The van der Waals surface area contributed by atoms with E-state index in [9.17, 15) is 14.3 Å². The lowest BCUT2D eigenvalue weighted by Crippen LogP contribution is -2.30. The molecule has 1 aliphatic rings. The predicted molar refractivity (Wildman–Crippen MR) is 139 cm³/mol. The number of carbonyl (C=O) groups excluding carboxylic acids is 1. The van der Waals surface area contributed by atoms with E-state index in [1.807, 2.05) is 31.2 Å². The molecular weight excluding hydrogens is 530 g/mol. The van der Waals surface area contributed by atoms with Crippen LogP contribution >= 0.6 is 15.9 Å². The third kappa shape index (κ3) is 5.90. The molecule has 1 aromatic heterocycles. The van der Waals surface area contributed by atoms with Crippen LogP contribution in [0, 0.1) is 5.82 Å². The topological polar surface area (TPSA) is 101 Å². The van der Waals surface area contributed by atoms with Crippen molar-refractivity contribution in [2.24, 2.45) is 0 Å². The molecule has 1 fully saturated rings. The van der Waals surface area contributed by atoms with Gasteiger partial charge in [0, 0.05) is 16.0 Å². The maximum atomic E-state index is 15.1. The van der Waals surface area contributed by atoms with E-state index in [1.165, 1.54) is 18.3 Å². The molecule has 1 aliphatic carbocycles. The van der Waals surface area contributed by atoms with Gasteiger partial charge in [-0.3, -0.25) is 4.79 Å². The summed E-state index contributed by atoms with van der Waals surface area (Å²) >= 11 is 3.45. The summed E-state index contributed by atoms with van der Waals surface area (Å²) in [5.41, 5.74) is 8.08. The average Bonchev–Trinajstić information content (AvgIpc) is 2.85.